The van der Waals surface area contributed by atoms with Crippen LogP contribution in [0, 0.1) is 0 Å². The number of hydrogen-bond donors (Lipinski definition) is 1. The monoisotopic (exact) mass is 295 g/mol. The molecule has 2 aromatic rings. The Morgan fingerprint density at radius 1 is 1.00 bits per heavy atom. The lowest BCUT2D eigenvalue weighted by Crippen LogP contribution is -2.06. The molecule has 2 rings (SSSR count). The van der Waals surface area contributed by atoms with E-state index in [1.54, 1.807) is 0 Å². The molecular formula is C16H16F3NO. The van der Waals surface area contributed by atoms with Gasteiger partial charge >= 0.3 is 6.18 Å². The smallest absolute Gasteiger partial charge is 0.416 e. The summed E-state index contributed by atoms with van der Waals surface area (Å²) in [5.41, 5.74) is 6.96. The molecule has 0 saturated carbocycles. The Morgan fingerprint density at radius 2 is 1.62 bits per heavy atom. The van der Waals surface area contributed by atoms with Crippen LogP contribution in [0.15, 0.2) is 42.5 Å². The van der Waals surface area contributed by atoms with E-state index in [-0.39, 0.29) is 18.0 Å². The van der Waals surface area contributed by atoms with Gasteiger partial charge in [0.25, 0.3) is 0 Å². The Morgan fingerprint density at radius 3 is 2.14 bits per heavy atom. The normalized spacial score (nSPS) is 11.4. The number of rotatable bonds is 4. The van der Waals surface area contributed by atoms with Gasteiger partial charge in [-0.05, 0) is 35.7 Å². The molecule has 0 aliphatic heterocycles. The lowest BCUT2D eigenvalue weighted by atomic mass is 10.1. The maximum atomic E-state index is 12.5. The van der Waals surface area contributed by atoms with Crippen LogP contribution in [-0.2, 0) is 19.2 Å². The highest BCUT2D eigenvalue weighted by atomic mass is 19.4. The molecule has 5 heteroatoms. The van der Waals surface area contributed by atoms with Crippen LogP contribution >= 0.6 is 0 Å². The first kappa shape index (κ1) is 15.2. The molecule has 0 amide bonds. The Labute approximate surface area is 121 Å². The number of alkyl halides is 3. The molecule has 0 fully saturated rings. The highest BCUT2D eigenvalue weighted by Crippen LogP contribution is 2.33. The number of ether oxygens (including phenoxy) is 1. The van der Waals surface area contributed by atoms with Gasteiger partial charge in [0.1, 0.15) is 12.4 Å². The van der Waals surface area contributed by atoms with Crippen LogP contribution in [0.3, 0.4) is 0 Å². The lowest BCUT2D eigenvalue weighted by Gasteiger charge is -2.12. The van der Waals surface area contributed by atoms with Crippen LogP contribution < -0.4 is 10.5 Å². The first-order valence-electron chi connectivity index (χ1n) is 6.57. The molecule has 0 saturated heterocycles. The molecule has 2 N–H and O–H groups in total. The predicted octanol–water partition coefficient (Wildman–Crippen LogP) is 4.43. The van der Waals surface area contributed by atoms with Gasteiger partial charge in [-0.3, -0.25) is 0 Å². The third-order valence-electron chi connectivity index (χ3n) is 3.16. The molecule has 112 valence electrons. The van der Waals surface area contributed by atoms with E-state index in [9.17, 15) is 13.2 Å². The van der Waals surface area contributed by atoms with Gasteiger partial charge in [-0.2, -0.15) is 13.2 Å². The minimum absolute atomic E-state index is 0.0185. The average Bonchev–Trinajstić information content (AvgIpc) is 2.45. The molecule has 0 aromatic heterocycles. The highest BCUT2D eigenvalue weighted by Gasteiger charge is 2.30. The minimum atomic E-state index is -4.40. The van der Waals surface area contributed by atoms with E-state index >= 15 is 0 Å². The standard InChI is InChI=1S/C16H16F3NO/c1-2-11-3-5-12(6-4-11)10-21-15-8-7-13(9-14(15)20)16(17,18)19/h3-9H,2,10,20H2,1H3. The van der Waals surface area contributed by atoms with Gasteiger partial charge in [0.15, 0.2) is 0 Å². The van der Waals surface area contributed by atoms with Crippen LogP contribution in [-0.4, -0.2) is 0 Å². The summed E-state index contributed by atoms with van der Waals surface area (Å²) in [5.74, 6) is 0.252. The zero-order chi connectivity index (χ0) is 15.5. The van der Waals surface area contributed by atoms with Crippen molar-refractivity contribution in [1.82, 2.24) is 0 Å². The van der Waals surface area contributed by atoms with Crippen molar-refractivity contribution in [1.29, 1.82) is 0 Å². The zero-order valence-electron chi connectivity index (χ0n) is 11.6. The summed E-state index contributed by atoms with van der Waals surface area (Å²) in [6.45, 7) is 2.33. The number of nitrogen functional groups attached to an aromatic ring is 1. The van der Waals surface area contributed by atoms with Crippen LogP contribution in [0.25, 0.3) is 0 Å². The molecule has 0 aliphatic carbocycles. The van der Waals surface area contributed by atoms with Gasteiger partial charge in [-0.25, -0.2) is 0 Å². The number of aryl methyl sites for hydroxylation is 1. The Hall–Kier alpha value is -2.17. The van der Waals surface area contributed by atoms with E-state index in [4.69, 9.17) is 10.5 Å². The molecular weight excluding hydrogens is 279 g/mol. The second-order valence-electron chi connectivity index (χ2n) is 4.71. The van der Waals surface area contributed by atoms with Crippen LogP contribution in [0.1, 0.15) is 23.6 Å². The van der Waals surface area contributed by atoms with E-state index in [1.165, 1.54) is 11.6 Å². The molecule has 2 nitrogen and oxygen atoms in total. The quantitative estimate of drug-likeness (QED) is 0.847. The number of anilines is 1. The van der Waals surface area contributed by atoms with Gasteiger partial charge in [0.05, 0.1) is 11.3 Å². The number of hydrogen-bond acceptors (Lipinski definition) is 2. The lowest BCUT2D eigenvalue weighted by molar-refractivity contribution is -0.137. The molecule has 0 unspecified atom stereocenters. The van der Waals surface area contributed by atoms with E-state index in [1.807, 2.05) is 24.3 Å². The summed E-state index contributed by atoms with van der Waals surface area (Å²) >= 11 is 0. The van der Waals surface area contributed by atoms with Gasteiger partial charge in [-0.15, -0.1) is 0 Å². The molecule has 0 heterocycles. The van der Waals surface area contributed by atoms with Crippen molar-refractivity contribution in [2.75, 3.05) is 5.73 Å². The fraction of sp³-hybridized carbons (Fsp3) is 0.250. The van der Waals surface area contributed by atoms with Gasteiger partial charge in [0, 0.05) is 0 Å². The summed E-state index contributed by atoms with van der Waals surface area (Å²) in [4.78, 5) is 0. The third kappa shape index (κ3) is 3.90. The molecule has 0 spiro atoms. The fourth-order valence-electron chi connectivity index (χ4n) is 1.89. The van der Waals surface area contributed by atoms with Crippen molar-refractivity contribution in [3.8, 4) is 5.75 Å². The van der Waals surface area contributed by atoms with E-state index < -0.39 is 11.7 Å². The Bertz CT molecular complexity index is 606. The number of benzene rings is 2. The van der Waals surface area contributed by atoms with E-state index in [0.717, 1.165) is 24.1 Å². The predicted molar refractivity (Wildman–Crippen MR) is 76.0 cm³/mol. The average molecular weight is 295 g/mol. The summed E-state index contributed by atoms with van der Waals surface area (Å²) < 4.78 is 43.0. The van der Waals surface area contributed by atoms with Crippen molar-refractivity contribution in [2.45, 2.75) is 26.1 Å². The zero-order valence-corrected chi connectivity index (χ0v) is 11.6. The SMILES string of the molecule is CCc1ccc(COc2ccc(C(F)(F)F)cc2N)cc1. The Balaban J connectivity index is 2.06. The molecule has 2 aromatic carbocycles. The van der Waals surface area contributed by atoms with Crippen LogP contribution in [0.2, 0.25) is 0 Å². The highest BCUT2D eigenvalue weighted by molar-refractivity contribution is 5.54. The number of halogens is 3. The fourth-order valence-corrected chi connectivity index (χ4v) is 1.89. The first-order valence-corrected chi connectivity index (χ1v) is 6.57. The second-order valence-corrected chi connectivity index (χ2v) is 4.71. The summed E-state index contributed by atoms with van der Waals surface area (Å²) in [6.07, 6.45) is -3.45. The Kier molecular flexibility index (Phi) is 4.40. The third-order valence-corrected chi connectivity index (χ3v) is 3.16. The molecule has 0 radical (unpaired) electrons. The van der Waals surface area contributed by atoms with Crippen molar-refractivity contribution in [3.63, 3.8) is 0 Å². The topological polar surface area (TPSA) is 35.2 Å². The van der Waals surface area contributed by atoms with Crippen molar-refractivity contribution in [3.05, 3.63) is 59.2 Å². The maximum absolute atomic E-state index is 12.5. The molecule has 0 aliphatic rings. The van der Waals surface area contributed by atoms with Crippen molar-refractivity contribution in [2.24, 2.45) is 0 Å². The van der Waals surface area contributed by atoms with E-state index in [2.05, 4.69) is 6.92 Å². The van der Waals surface area contributed by atoms with Crippen molar-refractivity contribution < 1.29 is 17.9 Å². The first-order chi connectivity index (χ1) is 9.90. The molecule has 21 heavy (non-hydrogen) atoms. The molecule has 0 atom stereocenters. The van der Waals surface area contributed by atoms with Crippen LogP contribution in [0.5, 0.6) is 5.75 Å². The van der Waals surface area contributed by atoms with Crippen LogP contribution in [0.4, 0.5) is 18.9 Å². The number of nitrogens with two attached hydrogens (primary N) is 1. The van der Waals surface area contributed by atoms with E-state index in [0.29, 0.717) is 0 Å². The summed E-state index contributed by atoms with van der Waals surface area (Å²) in [5, 5.41) is 0. The van der Waals surface area contributed by atoms with Gasteiger partial charge in [-0.1, -0.05) is 31.2 Å². The summed E-state index contributed by atoms with van der Waals surface area (Å²) in [6, 6.07) is 10.9. The van der Waals surface area contributed by atoms with Gasteiger partial charge in [0.2, 0.25) is 0 Å². The summed E-state index contributed by atoms with van der Waals surface area (Å²) in [7, 11) is 0. The maximum Gasteiger partial charge on any atom is 0.416 e. The van der Waals surface area contributed by atoms with Crippen molar-refractivity contribution >= 4 is 5.69 Å². The second kappa shape index (κ2) is 6.08. The van der Waals surface area contributed by atoms with Gasteiger partial charge < -0.3 is 10.5 Å². The largest absolute Gasteiger partial charge is 0.487 e. The minimum Gasteiger partial charge on any atom is -0.487 e. The molecule has 0 bridgehead atoms.